The predicted molar refractivity (Wildman–Crippen MR) is 126 cm³/mol. The zero-order valence-electron chi connectivity index (χ0n) is 18.0. The molecule has 2 aromatic carbocycles. The van der Waals surface area contributed by atoms with E-state index in [1.165, 1.54) is 37.6 Å². The minimum absolute atomic E-state index is 0.000984. The van der Waals surface area contributed by atoms with Gasteiger partial charge in [-0.05, 0) is 29.8 Å². The summed E-state index contributed by atoms with van der Waals surface area (Å²) < 4.78 is 61.4. The average Bonchev–Trinajstić information content (AvgIpc) is 3.51. The Morgan fingerprint density at radius 2 is 1.91 bits per heavy atom. The standard InChI is InChI=1S/C23H16ClF2N5O3S/c1-34-23-18(9-13(24)10-29-23)35(32,33)11-12-2-5-17(25)16(8-12)14-3-4-15-20(19(14)26)30-31-21(15)22-27-6-7-28-22/h2-10H,11H2,1H3,(H,27,28)(H,30,31). The summed E-state index contributed by atoms with van der Waals surface area (Å²) in [6, 6.07) is 7.95. The van der Waals surface area contributed by atoms with Crippen molar-refractivity contribution in [1.82, 2.24) is 25.1 Å². The smallest absolute Gasteiger partial charge is 0.232 e. The lowest BCUT2D eigenvalue weighted by Gasteiger charge is -2.11. The van der Waals surface area contributed by atoms with Gasteiger partial charge >= 0.3 is 0 Å². The summed E-state index contributed by atoms with van der Waals surface area (Å²) in [5.74, 6) is -1.61. The topological polar surface area (TPSA) is 114 Å². The molecule has 8 nitrogen and oxygen atoms in total. The first kappa shape index (κ1) is 22.9. The molecule has 0 saturated carbocycles. The van der Waals surface area contributed by atoms with Crippen LogP contribution in [0.5, 0.6) is 5.88 Å². The molecule has 0 bridgehead atoms. The van der Waals surface area contributed by atoms with Gasteiger partial charge in [-0.3, -0.25) is 5.10 Å². The minimum Gasteiger partial charge on any atom is -0.480 e. The first-order valence-corrected chi connectivity index (χ1v) is 12.2. The van der Waals surface area contributed by atoms with Crippen molar-refractivity contribution in [3.05, 3.63) is 77.2 Å². The first-order valence-electron chi connectivity index (χ1n) is 10.2. The Morgan fingerprint density at radius 1 is 1.09 bits per heavy atom. The number of hydrogen-bond acceptors (Lipinski definition) is 6. The quantitative estimate of drug-likeness (QED) is 0.331. The third-order valence-electron chi connectivity index (χ3n) is 5.39. The van der Waals surface area contributed by atoms with Crippen LogP contribution in [0.25, 0.3) is 33.5 Å². The SMILES string of the molecule is COc1ncc(Cl)cc1S(=O)(=O)Cc1ccc(F)c(-c2ccc3c(-c4ncc[nH]4)[nH]nc3c2F)c1. The molecule has 0 amide bonds. The monoisotopic (exact) mass is 515 g/mol. The maximum Gasteiger partial charge on any atom is 0.232 e. The average molecular weight is 516 g/mol. The van der Waals surface area contributed by atoms with Gasteiger partial charge in [0.1, 0.15) is 21.9 Å². The molecule has 5 aromatic rings. The Morgan fingerprint density at radius 3 is 2.66 bits per heavy atom. The van der Waals surface area contributed by atoms with Crippen LogP contribution in [-0.2, 0) is 15.6 Å². The van der Waals surface area contributed by atoms with Crippen LogP contribution in [0.3, 0.4) is 0 Å². The maximum atomic E-state index is 15.4. The van der Waals surface area contributed by atoms with Gasteiger partial charge in [0.15, 0.2) is 21.5 Å². The van der Waals surface area contributed by atoms with Crippen LogP contribution in [0.15, 0.2) is 59.9 Å². The number of halogens is 3. The second kappa shape index (κ2) is 8.75. The zero-order valence-corrected chi connectivity index (χ0v) is 19.6. The lowest BCUT2D eigenvalue weighted by molar-refractivity contribution is 0.385. The van der Waals surface area contributed by atoms with E-state index in [0.717, 1.165) is 6.07 Å². The molecule has 0 aliphatic carbocycles. The maximum absolute atomic E-state index is 15.4. The van der Waals surface area contributed by atoms with Crippen molar-refractivity contribution >= 4 is 32.3 Å². The molecule has 0 atom stereocenters. The van der Waals surface area contributed by atoms with Gasteiger partial charge in [0.2, 0.25) is 5.88 Å². The molecular formula is C23H16ClF2N5O3S. The molecule has 0 aliphatic heterocycles. The fraction of sp³-hybridized carbons (Fsp3) is 0.0870. The Hall–Kier alpha value is -3.83. The van der Waals surface area contributed by atoms with E-state index in [-0.39, 0.29) is 38.0 Å². The lowest BCUT2D eigenvalue weighted by atomic mass is 10.0. The number of benzene rings is 2. The molecule has 3 aromatic heterocycles. The van der Waals surface area contributed by atoms with Crippen LogP contribution in [0, 0.1) is 11.6 Å². The number of methoxy groups -OCH3 is 1. The van der Waals surface area contributed by atoms with Crippen LogP contribution >= 0.6 is 11.6 Å². The van der Waals surface area contributed by atoms with Crippen molar-refractivity contribution in [2.45, 2.75) is 10.6 Å². The zero-order chi connectivity index (χ0) is 24.7. The molecule has 0 fully saturated rings. The number of aromatic nitrogens is 5. The Bertz CT molecular complexity index is 1670. The number of H-pyrrole nitrogens is 2. The first-order chi connectivity index (χ1) is 16.8. The van der Waals surface area contributed by atoms with Crippen molar-refractivity contribution in [3.63, 3.8) is 0 Å². The van der Waals surface area contributed by atoms with Gasteiger partial charge in [-0.2, -0.15) is 5.10 Å². The number of fused-ring (bicyclic) bond motifs is 1. The molecule has 2 N–H and O–H groups in total. The minimum atomic E-state index is -3.97. The molecule has 0 spiro atoms. The number of nitrogens with one attached hydrogen (secondary N) is 2. The highest BCUT2D eigenvalue weighted by molar-refractivity contribution is 7.90. The van der Waals surface area contributed by atoms with Gasteiger partial charge in [-0.25, -0.2) is 27.2 Å². The van der Waals surface area contributed by atoms with Gasteiger partial charge < -0.3 is 9.72 Å². The number of nitrogens with zero attached hydrogens (tertiary/aromatic N) is 3. The summed E-state index contributed by atoms with van der Waals surface area (Å²) in [4.78, 5) is 10.7. The number of rotatable bonds is 6. The Labute approximate surface area is 202 Å². The summed E-state index contributed by atoms with van der Waals surface area (Å²) in [5.41, 5.74) is 0.562. The van der Waals surface area contributed by atoms with E-state index in [2.05, 4.69) is 25.1 Å². The van der Waals surface area contributed by atoms with E-state index in [0.29, 0.717) is 16.9 Å². The van der Waals surface area contributed by atoms with Crippen LogP contribution in [0.4, 0.5) is 8.78 Å². The van der Waals surface area contributed by atoms with Crippen LogP contribution in [-0.4, -0.2) is 40.7 Å². The van der Waals surface area contributed by atoms with E-state index in [1.807, 2.05) is 0 Å². The van der Waals surface area contributed by atoms with Gasteiger partial charge in [0.05, 0.1) is 17.9 Å². The number of aromatic amines is 2. The van der Waals surface area contributed by atoms with Crippen LogP contribution < -0.4 is 4.74 Å². The summed E-state index contributed by atoms with van der Waals surface area (Å²) in [5, 5.41) is 7.35. The van der Waals surface area contributed by atoms with Crippen molar-refractivity contribution in [2.75, 3.05) is 7.11 Å². The fourth-order valence-corrected chi connectivity index (χ4v) is 5.49. The molecule has 12 heteroatoms. The molecule has 0 saturated heterocycles. The number of hydrogen-bond donors (Lipinski definition) is 2. The Kier molecular flexibility index (Phi) is 5.73. The molecule has 0 unspecified atom stereocenters. The van der Waals surface area contributed by atoms with E-state index in [4.69, 9.17) is 16.3 Å². The second-order valence-electron chi connectivity index (χ2n) is 7.59. The van der Waals surface area contributed by atoms with Crippen molar-refractivity contribution in [3.8, 4) is 28.5 Å². The molecule has 0 aliphatic rings. The van der Waals surface area contributed by atoms with Gasteiger partial charge in [0.25, 0.3) is 0 Å². The predicted octanol–water partition coefficient (Wildman–Crippen LogP) is 4.93. The second-order valence-corrected chi connectivity index (χ2v) is 9.99. The van der Waals surface area contributed by atoms with Crippen molar-refractivity contribution < 1.29 is 21.9 Å². The summed E-state index contributed by atoms with van der Waals surface area (Å²) in [7, 11) is -2.68. The largest absolute Gasteiger partial charge is 0.480 e. The van der Waals surface area contributed by atoms with Crippen LogP contribution in [0.2, 0.25) is 5.02 Å². The number of pyridine rings is 1. The molecule has 5 rings (SSSR count). The van der Waals surface area contributed by atoms with Gasteiger partial charge in [-0.1, -0.05) is 23.7 Å². The lowest BCUT2D eigenvalue weighted by Crippen LogP contribution is -2.08. The van der Waals surface area contributed by atoms with E-state index < -0.39 is 27.2 Å². The van der Waals surface area contributed by atoms with Crippen LogP contribution in [0.1, 0.15) is 5.56 Å². The molecule has 178 valence electrons. The third-order valence-corrected chi connectivity index (χ3v) is 7.27. The normalized spacial score (nSPS) is 11.8. The number of imidazole rings is 1. The highest BCUT2D eigenvalue weighted by atomic mass is 35.5. The number of sulfone groups is 1. The molecule has 3 heterocycles. The van der Waals surface area contributed by atoms with Gasteiger partial charge in [-0.15, -0.1) is 0 Å². The van der Waals surface area contributed by atoms with E-state index in [9.17, 15) is 12.8 Å². The highest BCUT2D eigenvalue weighted by Crippen LogP contribution is 2.34. The summed E-state index contributed by atoms with van der Waals surface area (Å²) in [6.45, 7) is 0. The van der Waals surface area contributed by atoms with E-state index >= 15 is 4.39 Å². The Balaban J connectivity index is 1.55. The molecule has 0 radical (unpaired) electrons. The van der Waals surface area contributed by atoms with Crippen molar-refractivity contribution in [2.24, 2.45) is 0 Å². The molecular weight excluding hydrogens is 500 g/mol. The fourth-order valence-electron chi connectivity index (χ4n) is 3.79. The number of ether oxygens (including phenoxy) is 1. The van der Waals surface area contributed by atoms with Crippen molar-refractivity contribution in [1.29, 1.82) is 0 Å². The summed E-state index contributed by atoms with van der Waals surface area (Å²) >= 11 is 5.92. The third kappa shape index (κ3) is 4.13. The van der Waals surface area contributed by atoms with Gasteiger partial charge in [0, 0.05) is 35.1 Å². The van der Waals surface area contributed by atoms with E-state index in [1.54, 1.807) is 18.5 Å². The highest BCUT2D eigenvalue weighted by Gasteiger charge is 2.24. The summed E-state index contributed by atoms with van der Waals surface area (Å²) in [6.07, 6.45) is 4.44. The molecule has 35 heavy (non-hydrogen) atoms.